The molecule has 0 aromatic carbocycles. The van der Waals surface area contributed by atoms with Gasteiger partial charge in [-0.1, -0.05) is 49.3 Å². The number of ether oxygens (including phenoxy) is 4. The van der Waals surface area contributed by atoms with E-state index in [4.69, 9.17) is 31.6 Å². The Hall–Kier alpha value is 1.59. The average molecular weight is 507 g/mol. The maximum absolute atomic E-state index is 5.62. The molecule has 0 radical (unpaired) electrons. The summed E-state index contributed by atoms with van der Waals surface area (Å²) in [5.74, 6) is 2.67. The van der Waals surface area contributed by atoms with Gasteiger partial charge >= 0.3 is 0 Å². The van der Waals surface area contributed by atoms with Crippen molar-refractivity contribution >= 4 is 58.6 Å². The summed E-state index contributed by atoms with van der Waals surface area (Å²) in [7, 11) is 3.86. The first kappa shape index (κ1) is 30.6. The zero-order chi connectivity index (χ0) is 21.8. The number of thioether (sulfide) groups is 1. The van der Waals surface area contributed by atoms with Crippen molar-refractivity contribution in [1.82, 2.24) is 0 Å². The summed E-state index contributed by atoms with van der Waals surface area (Å²) in [5.41, 5.74) is 0. The molecule has 0 aliphatic carbocycles. The van der Waals surface area contributed by atoms with Gasteiger partial charge in [0, 0.05) is 22.0 Å². The van der Waals surface area contributed by atoms with Gasteiger partial charge in [0.2, 0.25) is 0 Å². The number of thiol groups is 2. The van der Waals surface area contributed by atoms with E-state index in [9.17, 15) is 0 Å². The van der Waals surface area contributed by atoms with Gasteiger partial charge in [0.25, 0.3) is 0 Å². The van der Waals surface area contributed by atoms with Crippen LogP contribution >= 0.6 is 58.6 Å². The molecule has 0 amide bonds. The second kappa shape index (κ2) is 20.2. The minimum absolute atomic E-state index is 0.0955. The lowest BCUT2D eigenvalue weighted by molar-refractivity contribution is -0.0507. The minimum atomic E-state index is 0.0955. The lowest BCUT2D eigenvalue weighted by Crippen LogP contribution is -2.22. The molecular formula is C20H42O4S5. The Bertz CT molecular complexity index is 356. The maximum Gasteiger partial charge on any atom is 0.146 e. The Kier molecular flexibility index (Phi) is 21.3. The maximum atomic E-state index is 5.62. The van der Waals surface area contributed by atoms with Crippen LogP contribution in [0.1, 0.15) is 59.8 Å². The molecule has 0 fully saturated rings. The fourth-order valence-corrected chi connectivity index (χ4v) is 7.44. The molecular weight excluding hydrogens is 465 g/mol. The van der Waals surface area contributed by atoms with Crippen LogP contribution in [0.3, 0.4) is 0 Å². The van der Waals surface area contributed by atoms with E-state index in [0.29, 0.717) is 40.0 Å². The van der Waals surface area contributed by atoms with Crippen LogP contribution in [-0.4, -0.2) is 66.1 Å². The lowest BCUT2D eigenvalue weighted by Gasteiger charge is -2.29. The highest BCUT2D eigenvalue weighted by Gasteiger charge is 2.27. The summed E-state index contributed by atoms with van der Waals surface area (Å²) in [6.45, 7) is 12.4. The number of rotatable bonds is 22. The predicted molar refractivity (Wildman–Crippen MR) is 140 cm³/mol. The SMILES string of the molecule is CCC(S)(CC)CCOCOCCSSC(CC)(CC)SCCOCOCCS. The Labute approximate surface area is 202 Å². The van der Waals surface area contributed by atoms with Crippen molar-refractivity contribution in [1.29, 1.82) is 0 Å². The smallest absolute Gasteiger partial charge is 0.146 e. The van der Waals surface area contributed by atoms with Gasteiger partial charge < -0.3 is 18.9 Å². The van der Waals surface area contributed by atoms with Crippen molar-refractivity contribution in [3.8, 4) is 0 Å². The third-order valence-electron chi connectivity index (χ3n) is 4.79. The number of hydrogen-bond acceptors (Lipinski definition) is 9. The van der Waals surface area contributed by atoms with Crippen molar-refractivity contribution in [2.75, 3.05) is 57.3 Å². The van der Waals surface area contributed by atoms with E-state index in [0.717, 1.165) is 49.4 Å². The molecule has 0 aromatic heterocycles. The van der Waals surface area contributed by atoms with E-state index in [1.165, 1.54) is 0 Å². The third-order valence-corrected chi connectivity index (χ3v) is 11.4. The third kappa shape index (κ3) is 15.9. The monoisotopic (exact) mass is 506 g/mol. The largest absolute Gasteiger partial charge is 0.355 e. The summed E-state index contributed by atoms with van der Waals surface area (Å²) < 4.78 is 22.3. The fraction of sp³-hybridized carbons (Fsp3) is 1.00. The van der Waals surface area contributed by atoms with E-state index in [1.54, 1.807) is 0 Å². The standard InChI is InChI=1S/C20H42O4S5/c1-5-19(26,6-2)9-10-21-17-24-13-16-28-29-20(7-3,8-4)27-15-12-23-18-22-11-14-25/h25-26H,5-18H2,1-4H3. The first-order valence-electron chi connectivity index (χ1n) is 10.6. The summed E-state index contributed by atoms with van der Waals surface area (Å²) >= 11 is 10.8. The first-order valence-corrected chi connectivity index (χ1v) is 15.0. The highest BCUT2D eigenvalue weighted by molar-refractivity contribution is 8.78. The topological polar surface area (TPSA) is 36.9 Å². The highest BCUT2D eigenvalue weighted by atomic mass is 33.1. The van der Waals surface area contributed by atoms with Crippen LogP contribution in [0.15, 0.2) is 0 Å². The van der Waals surface area contributed by atoms with E-state index in [2.05, 4.69) is 40.3 Å². The molecule has 4 nitrogen and oxygen atoms in total. The molecule has 0 saturated heterocycles. The van der Waals surface area contributed by atoms with E-state index in [-0.39, 0.29) is 8.83 Å². The highest BCUT2D eigenvalue weighted by Crippen LogP contribution is 2.48. The molecule has 0 aromatic rings. The van der Waals surface area contributed by atoms with Gasteiger partial charge in [0.1, 0.15) is 13.6 Å². The summed E-state index contributed by atoms with van der Waals surface area (Å²) in [4.78, 5) is 0. The number of hydrogen-bond donors (Lipinski definition) is 2. The van der Waals surface area contributed by atoms with Gasteiger partial charge in [-0.15, -0.1) is 11.8 Å². The van der Waals surface area contributed by atoms with Crippen LogP contribution in [-0.2, 0) is 18.9 Å². The van der Waals surface area contributed by atoms with Gasteiger partial charge in [0.15, 0.2) is 0 Å². The second-order valence-electron chi connectivity index (χ2n) is 6.65. The van der Waals surface area contributed by atoms with Crippen LogP contribution in [0.2, 0.25) is 0 Å². The van der Waals surface area contributed by atoms with E-state index < -0.39 is 0 Å². The van der Waals surface area contributed by atoms with Gasteiger partial charge in [0.05, 0.1) is 30.5 Å². The molecule has 0 unspecified atom stereocenters. The molecule has 0 aliphatic heterocycles. The van der Waals surface area contributed by atoms with Crippen LogP contribution < -0.4 is 0 Å². The van der Waals surface area contributed by atoms with E-state index in [1.807, 2.05) is 33.3 Å². The second-order valence-corrected chi connectivity index (χ2v) is 12.6. The molecule has 9 heteroatoms. The Morgan fingerprint density at radius 1 is 0.724 bits per heavy atom. The van der Waals surface area contributed by atoms with Gasteiger partial charge in [-0.05, 0) is 32.1 Å². The molecule has 0 bridgehead atoms. The molecule has 0 N–H and O–H groups in total. The molecule has 176 valence electrons. The van der Waals surface area contributed by atoms with Crippen LogP contribution in [0.25, 0.3) is 0 Å². The van der Waals surface area contributed by atoms with Crippen LogP contribution in [0, 0.1) is 0 Å². The van der Waals surface area contributed by atoms with Gasteiger partial charge in [-0.25, -0.2) is 0 Å². The zero-order valence-corrected chi connectivity index (χ0v) is 22.9. The van der Waals surface area contributed by atoms with Gasteiger partial charge in [-0.3, -0.25) is 0 Å². The fourth-order valence-electron chi connectivity index (χ4n) is 2.41. The Morgan fingerprint density at radius 3 is 1.83 bits per heavy atom. The first-order chi connectivity index (χ1) is 14.0. The molecule has 0 saturated carbocycles. The van der Waals surface area contributed by atoms with Crippen molar-refractivity contribution in [2.24, 2.45) is 0 Å². The summed E-state index contributed by atoms with van der Waals surface area (Å²) in [6.07, 6.45) is 5.36. The van der Waals surface area contributed by atoms with Crippen molar-refractivity contribution in [3.63, 3.8) is 0 Å². The van der Waals surface area contributed by atoms with Crippen molar-refractivity contribution in [3.05, 3.63) is 0 Å². The van der Waals surface area contributed by atoms with Crippen LogP contribution in [0.4, 0.5) is 0 Å². The summed E-state index contributed by atoms with van der Waals surface area (Å²) in [6, 6.07) is 0. The molecule has 0 atom stereocenters. The molecule has 29 heavy (non-hydrogen) atoms. The zero-order valence-electron chi connectivity index (χ0n) is 18.7. The lowest BCUT2D eigenvalue weighted by atomic mass is 9.99. The minimum Gasteiger partial charge on any atom is -0.355 e. The summed E-state index contributed by atoms with van der Waals surface area (Å²) in [5, 5.41) is 0. The normalized spacial score (nSPS) is 12.6. The van der Waals surface area contributed by atoms with Crippen molar-refractivity contribution in [2.45, 2.75) is 68.6 Å². The Balaban J connectivity index is 3.77. The predicted octanol–water partition coefficient (Wildman–Crippen LogP) is 6.41. The van der Waals surface area contributed by atoms with Crippen LogP contribution in [0.5, 0.6) is 0 Å². The molecule has 0 rings (SSSR count). The molecule has 0 spiro atoms. The quantitative estimate of drug-likeness (QED) is 0.0760. The average Bonchev–Trinajstić information content (AvgIpc) is 2.75. The van der Waals surface area contributed by atoms with Gasteiger partial charge in [-0.2, -0.15) is 25.3 Å². The van der Waals surface area contributed by atoms with Crippen molar-refractivity contribution < 1.29 is 18.9 Å². The van der Waals surface area contributed by atoms with E-state index >= 15 is 0 Å². The molecule has 0 aliphatic rings. The Morgan fingerprint density at radius 2 is 1.28 bits per heavy atom. The molecule has 0 heterocycles.